The maximum absolute atomic E-state index is 12.1. The molecule has 2 aliphatic rings. The molecule has 1 aliphatic carbocycles. The Morgan fingerprint density at radius 2 is 1.83 bits per heavy atom. The zero-order chi connectivity index (χ0) is 16.7. The highest BCUT2D eigenvalue weighted by atomic mass is 16.2. The Kier molecular flexibility index (Phi) is 7.18. The molecule has 0 aromatic carbocycles. The minimum Gasteiger partial charge on any atom is -0.357 e. The minimum atomic E-state index is 0.156. The van der Waals surface area contributed by atoms with E-state index in [4.69, 9.17) is 0 Å². The molecular weight excluding hydrogens is 288 g/mol. The molecule has 23 heavy (non-hydrogen) atoms. The van der Waals surface area contributed by atoms with Crippen LogP contribution in [0.4, 0.5) is 0 Å². The third-order valence-electron chi connectivity index (χ3n) is 5.23. The maximum Gasteiger partial charge on any atom is 0.244 e. The second kappa shape index (κ2) is 9.14. The van der Waals surface area contributed by atoms with Crippen molar-refractivity contribution >= 4 is 11.9 Å². The van der Waals surface area contributed by atoms with Crippen LogP contribution in [-0.2, 0) is 4.79 Å². The van der Waals surface area contributed by atoms with E-state index in [1.54, 1.807) is 0 Å². The molecule has 0 atom stereocenters. The number of nitrogens with one attached hydrogen (secondary N) is 2. The Morgan fingerprint density at radius 3 is 2.39 bits per heavy atom. The fraction of sp³-hybridized carbons (Fsp3) is 0.889. The van der Waals surface area contributed by atoms with Crippen LogP contribution in [0.5, 0.6) is 0 Å². The fourth-order valence-corrected chi connectivity index (χ4v) is 3.66. The molecule has 2 rings (SSSR count). The van der Waals surface area contributed by atoms with Gasteiger partial charge in [-0.1, -0.05) is 13.8 Å². The highest BCUT2D eigenvalue weighted by molar-refractivity contribution is 5.85. The number of amides is 1. The van der Waals surface area contributed by atoms with Crippen LogP contribution < -0.4 is 10.6 Å². The Morgan fingerprint density at radius 1 is 1.17 bits per heavy atom. The van der Waals surface area contributed by atoms with E-state index in [1.807, 2.05) is 4.90 Å². The van der Waals surface area contributed by atoms with Gasteiger partial charge in [0, 0.05) is 25.7 Å². The summed E-state index contributed by atoms with van der Waals surface area (Å²) in [6.07, 6.45) is 7.25. The van der Waals surface area contributed by atoms with Gasteiger partial charge in [0.2, 0.25) is 5.91 Å². The van der Waals surface area contributed by atoms with Gasteiger partial charge >= 0.3 is 0 Å². The lowest BCUT2D eigenvalue weighted by Gasteiger charge is -2.32. The average Bonchev–Trinajstić information content (AvgIpc) is 3.07. The van der Waals surface area contributed by atoms with Gasteiger partial charge in [-0.15, -0.1) is 0 Å². The van der Waals surface area contributed by atoms with Crippen molar-refractivity contribution in [3.63, 3.8) is 0 Å². The summed E-state index contributed by atoms with van der Waals surface area (Å²) in [5.41, 5.74) is 0. The van der Waals surface area contributed by atoms with E-state index in [1.165, 1.54) is 25.7 Å². The number of guanidine groups is 1. The van der Waals surface area contributed by atoms with Gasteiger partial charge in [0.15, 0.2) is 5.96 Å². The lowest BCUT2D eigenvalue weighted by Crippen LogP contribution is -2.45. The summed E-state index contributed by atoms with van der Waals surface area (Å²) in [6.45, 7) is 9.60. The number of aliphatic imine (C=N–C) groups is 1. The van der Waals surface area contributed by atoms with E-state index in [0.717, 1.165) is 50.3 Å². The number of carbonyl (C=O) groups excluding carboxylic acids is 1. The summed E-state index contributed by atoms with van der Waals surface area (Å²) >= 11 is 0. The molecule has 132 valence electrons. The van der Waals surface area contributed by atoms with Gasteiger partial charge in [0.05, 0.1) is 0 Å². The molecule has 1 saturated heterocycles. The molecule has 1 heterocycles. The summed E-state index contributed by atoms with van der Waals surface area (Å²) in [6, 6.07) is 0.490. The van der Waals surface area contributed by atoms with E-state index < -0.39 is 0 Å². The zero-order valence-electron chi connectivity index (χ0n) is 15.1. The third kappa shape index (κ3) is 5.70. The van der Waals surface area contributed by atoms with Crippen molar-refractivity contribution in [2.75, 3.05) is 26.2 Å². The molecule has 1 saturated carbocycles. The molecule has 0 aromatic heterocycles. The summed E-state index contributed by atoms with van der Waals surface area (Å²) in [4.78, 5) is 18.6. The molecular formula is C18H34N4O. The number of hydrogen-bond donors (Lipinski definition) is 2. The molecule has 1 amide bonds. The van der Waals surface area contributed by atoms with Crippen molar-refractivity contribution in [3.8, 4) is 0 Å². The highest BCUT2D eigenvalue weighted by Gasteiger charge is 2.24. The van der Waals surface area contributed by atoms with Crippen LogP contribution in [0.25, 0.3) is 0 Å². The molecule has 1 aliphatic heterocycles. The summed E-state index contributed by atoms with van der Waals surface area (Å²) in [5.74, 6) is 2.61. The first-order valence-corrected chi connectivity index (χ1v) is 9.42. The number of rotatable bonds is 5. The zero-order valence-corrected chi connectivity index (χ0v) is 15.1. The van der Waals surface area contributed by atoms with E-state index >= 15 is 0 Å². The molecule has 0 unspecified atom stereocenters. The van der Waals surface area contributed by atoms with Crippen LogP contribution in [0.15, 0.2) is 4.99 Å². The molecule has 5 nitrogen and oxygen atoms in total. The highest BCUT2D eigenvalue weighted by Crippen LogP contribution is 2.29. The number of carbonyl (C=O) groups is 1. The van der Waals surface area contributed by atoms with Crippen LogP contribution >= 0.6 is 0 Å². The Labute approximate surface area is 141 Å². The molecule has 5 heteroatoms. The van der Waals surface area contributed by atoms with Gasteiger partial charge in [-0.2, -0.15) is 0 Å². The third-order valence-corrected chi connectivity index (χ3v) is 5.23. The molecule has 2 fully saturated rings. The summed E-state index contributed by atoms with van der Waals surface area (Å²) < 4.78 is 0. The lowest BCUT2D eigenvalue weighted by atomic mass is 9.80. The Hall–Kier alpha value is -1.26. The van der Waals surface area contributed by atoms with Crippen LogP contribution in [0, 0.1) is 11.8 Å². The van der Waals surface area contributed by atoms with Gasteiger partial charge in [-0.25, -0.2) is 4.99 Å². The van der Waals surface area contributed by atoms with Crippen molar-refractivity contribution in [1.29, 1.82) is 0 Å². The predicted molar refractivity (Wildman–Crippen MR) is 95.5 cm³/mol. The van der Waals surface area contributed by atoms with Crippen molar-refractivity contribution in [1.82, 2.24) is 15.5 Å². The summed E-state index contributed by atoms with van der Waals surface area (Å²) in [5, 5.41) is 6.81. The summed E-state index contributed by atoms with van der Waals surface area (Å²) in [7, 11) is 0. The van der Waals surface area contributed by atoms with Crippen molar-refractivity contribution in [2.45, 2.75) is 65.3 Å². The standard InChI is InChI=1S/C18H34N4O/c1-4-19-18(20-13-17(23)22-11-5-6-12-22)21-16-9-7-15(8-10-16)14(2)3/h14-16H,4-13H2,1-3H3,(H2,19,20,21). The maximum atomic E-state index is 12.1. The number of hydrogen-bond acceptors (Lipinski definition) is 2. The van der Waals surface area contributed by atoms with Crippen molar-refractivity contribution in [2.24, 2.45) is 16.8 Å². The van der Waals surface area contributed by atoms with E-state index in [2.05, 4.69) is 36.4 Å². The van der Waals surface area contributed by atoms with Gasteiger partial charge in [0.1, 0.15) is 6.54 Å². The Balaban J connectivity index is 1.81. The molecule has 2 N–H and O–H groups in total. The van der Waals surface area contributed by atoms with E-state index in [-0.39, 0.29) is 12.5 Å². The monoisotopic (exact) mass is 322 g/mol. The van der Waals surface area contributed by atoms with Gasteiger partial charge in [-0.3, -0.25) is 4.79 Å². The molecule has 0 radical (unpaired) electrons. The Bertz CT molecular complexity index is 394. The first-order valence-electron chi connectivity index (χ1n) is 9.42. The van der Waals surface area contributed by atoms with Gasteiger partial charge < -0.3 is 15.5 Å². The van der Waals surface area contributed by atoms with Crippen molar-refractivity contribution in [3.05, 3.63) is 0 Å². The average molecular weight is 322 g/mol. The van der Waals surface area contributed by atoms with Crippen molar-refractivity contribution < 1.29 is 4.79 Å². The predicted octanol–water partition coefficient (Wildman–Crippen LogP) is 2.38. The second-order valence-corrected chi connectivity index (χ2v) is 7.28. The SMILES string of the molecule is CCNC(=NCC(=O)N1CCCC1)NC1CCC(C(C)C)CC1. The van der Waals surface area contributed by atoms with Gasteiger partial charge in [-0.05, 0) is 57.3 Å². The second-order valence-electron chi connectivity index (χ2n) is 7.28. The molecule has 0 spiro atoms. The van der Waals surface area contributed by atoms with E-state index in [9.17, 15) is 4.79 Å². The smallest absolute Gasteiger partial charge is 0.244 e. The van der Waals surface area contributed by atoms with Gasteiger partial charge in [0.25, 0.3) is 0 Å². The van der Waals surface area contributed by atoms with Crippen LogP contribution in [0.1, 0.15) is 59.3 Å². The first kappa shape index (κ1) is 18.1. The number of nitrogens with zero attached hydrogens (tertiary/aromatic N) is 2. The normalized spacial score (nSPS) is 25.7. The molecule has 0 aromatic rings. The lowest BCUT2D eigenvalue weighted by molar-refractivity contribution is -0.128. The quantitative estimate of drug-likeness (QED) is 0.603. The van der Waals surface area contributed by atoms with Crippen LogP contribution in [0.2, 0.25) is 0 Å². The number of likely N-dealkylation sites (tertiary alicyclic amines) is 1. The minimum absolute atomic E-state index is 0.156. The molecule has 0 bridgehead atoms. The van der Waals surface area contributed by atoms with E-state index in [0.29, 0.717) is 6.04 Å². The van der Waals surface area contributed by atoms with Crippen LogP contribution in [-0.4, -0.2) is 49.0 Å². The first-order chi connectivity index (χ1) is 11.1. The fourth-order valence-electron chi connectivity index (χ4n) is 3.66. The largest absolute Gasteiger partial charge is 0.357 e. The van der Waals surface area contributed by atoms with Crippen LogP contribution in [0.3, 0.4) is 0 Å². The topological polar surface area (TPSA) is 56.7 Å².